The molecule has 3 nitrogen and oxygen atoms in total. The lowest BCUT2D eigenvalue weighted by molar-refractivity contribution is 0.0347. The summed E-state index contributed by atoms with van der Waals surface area (Å²) in [5, 5.41) is 0. The van der Waals surface area contributed by atoms with E-state index in [1.165, 1.54) is 32.1 Å². The van der Waals surface area contributed by atoms with Crippen molar-refractivity contribution < 1.29 is 0 Å². The third kappa shape index (κ3) is 2.63. The number of hydrogen-bond donors (Lipinski definition) is 1. The van der Waals surface area contributed by atoms with Crippen LogP contribution in [0.2, 0.25) is 0 Å². The van der Waals surface area contributed by atoms with Gasteiger partial charge in [-0.2, -0.15) is 0 Å². The first-order valence-corrected chi connectivity index (χ1v) is 7.90. The Balaban J connectivity index is 1.80. The van der Waals surface area contributed by atoms with Crippen LogP contribution >= 0.6 is 0 Å². The van der Waals surface area contributed by atoms with Crippen LogP contribution in [0.15, 0.2) is 23.1 Å². The number of anilines is 1. The molecule has 0 radical (unpaired) electrons. The zero-order chi connectivity index (χ0) is 14.3. The summed E-state index contributed by atoms with van der Waals surface area (Å²) in [4.78, 5) is 12.1. The van der Waals surface area contributed by atoms with Crippen LogP contribution in [0.3, 0.4) is 0 Å². The Morgan fingerprint density at radius 3 is 2.60 bits per heavy atom. The molecule has 0 spiro atoms. The zero-order valence-corrected chi connectivity index (χ0v) is 12.6. The number of pyridine rings is 1. The summed E-state index contributed by atoms with van der Waals surface area (Å²) in [5.41, 5.74) is 6.33. The highest BCUT2D eigenvalue weighted by atomic mass is 16.1. The van der Waals surface area contributed by atoms with Gasteiger partial charge in [-0.25, -0.2) is 0 Å². The maximum Gasteiger partial charge on any atom is 0.273 e. The SMILES string of the molecule is CC1CC2CC(C1)CC(C)(Cn1cccc(N)c1=O)C2. The second kappa shape index (κ2) is 4.94. The molecule has 1 heterocycles. The van der Waals surface area contributed by atoms with Crippen LogP contribution in [0.1, 0.15) is 46.0 Å². The van der Waals surface area contributed by atoms with Crippen LogP contribution < -0.4 is 11.3 Å². The van der Waals surface area contributed by atoms with Gasteiger partial charge in [-0.3, -0.25) is 4.79 Å². The van der Waals surface area contributed by atoms with E-state index in [0.29, 0.717) is 5.69 Å². The Hall–Kier alpha value is -1.25. The van der Waals surface area contributed by atoms with E-state index >= 15 is 0 Å². The molecule has 1 aromatic heterocycles. The summed E-state index contributed by atoms with van der Waals surface area (Å²) >= 11 is 0. The number of nitrogen functional groups attached to an aromatic ring is 1. The standard InChI is InChI=1S/C17H26N2O/c1-12-6-13-8-14(7-12)10-17(2,9-13)11-19-5-3-4-15(18)16(19)20/h3-5,12-14H,6-11,18H2,1-2H3. The number of aromatic nitrogens is 1. The van der Waals surface area contributed by atoms with Crippen molar-refractivity contribution in [3.05, 3.63) is 28.7 Å². The first kappa shape index (κ1) is 13.7. The maximum absolute atomic E-state index is 12.1. The van der Waals surface area contributed by atoms with Crippen molar-refractivity contribution in [2.75, 3.05) is 5.73 Å². The molecule has 0 aliphatic heterocycles. The molecule has 0 amide bonds. The van der Waals surface area contributed by atoms with E-state index in [2.05, 4.69) is 13.8 Å². The average Bonchev–Trinajstić information content (AvgIpc) is 2.33. The molecule has 2 N–H and O–H groups in total. The second-order valence-electron chi connectivity index (χ2n) is 7.66. The summed E-state index contributed by atoms with van der Waals surface area (Å²) in [7, 11) is 0. The van der Waals surface area contributed by atoms with Gasteiger partial charge in [0.1, 0.15) is 0 Å². The molecule has 3 heteroatoms. The molecule has 2 unspecified atom stereocenters. The zero-order valence-electron chi connectivity index (χ0n) is 12.6. The third-order valence-electron chi connectivity index (χ3n) is 5.30. The van der Waals surface area contributed by atoms with Gasteiger partial charge in [-0.1, -0.05) is 13.8 Å². The van der Waals surface area contributed by atoms with E-state index in [0.717, 1.165) is 24.3 Å². The molecular formula is C17H26N2O. The molecule has 0 aromatic carbocycles. The highest BCUT2D eigenvalue weighted by molar-refractivity contribution is 5.33. The Labute approximate surface area is 121 Å². The van der Waals surface area contributed by atoms with Gasteiger partial charge in [0, 0.05) is 12.7 Å². The van der Waals surface area contributed by atoms with Crippen molar-refractivity contribution >= 4 is 5.69 Å². The van der Waals surface area contributed by atoms with E-state index in [1.54, 1.807) is 6.07 Å². The Kier molecular flexibility index (Phi) is 3.39. The van der Waals surface area contributed by atoms with Crippen molar-refractivity contribution in [3.8, 4) is 0 Å². The fourth-order valence-electron chi connectivity index (χ4n) is 4.93. The molecule has 1 aromatic rings. The summed E-state index contributed by atoms with van der Waals surface area (Å²) in [6.45, 7) is 5.57. The van der Waals surface area contributed by atoms with Crippen molar-refractivity contribution in [2.24, 2.45) is 23.2 Å². The van der Waals surface area contributed by atoms with Gasteiger partial charge in [0.2, 0.25) is 0 Å². The Bertz CT molecular complexity index is 530. The van der Waals surface area contributed by atoms with Gasteiger partial charge in [-0.05, 0) is 67.4 Å². The van der Waals surface area contributed by atoms with Crippen LogP contribution in [0.25, 0.3) is 0 Å². The summed E-state index contributed by atoms with van der Waals surface area (Å²) in [6.07, 6.45) is 8.56. The van der Waals surface area contributed by atoms with Crippen LogP contribution in [0, 0.1) is 23.2 Å². The predicted octanol–water partition coefficient (Wildman–Crippen LogP) is 3.28. The van der Waals surface area contributed by atoms with Crippen molar-refractivity contribution in [2.45, 2.75) is 52.5 Å². The smallest absolute Gasteiger partial charge is 0.273 e. The highest BCUT2D eigenvalue weighted by Gasteiger charge is 2.41. The number of rotatable bonds is 2. The largest absolute Gasteiger partial charge is 0.394 e. The monoisotopic (exact) mass is 274 g/mol. The first-order valence-electron chi connectivity index (χ1n) is 7.90. The summed E-state index contributed by atoms with van der Waals surface area (Å²) in [5.74, 6) is 2.61. The molecular weight excluding hydrogens is 248 g/mol. The lowest BCUT2D eigenvalue weighted by atomic mass is 9.59. The van der Waals surface area contributed by atoms with Gasteiger partial charge in [0.15, 0.2) is 0 Å². The molecule has 2 fully saturated rings. The molecule has 2 aliphatic carbocycles. The minimum atomic E-state index is -0.0298. The summed E-state index contributed by atoms with van der Waals surface area (Å²) < 4.78 is 1.82. The Morgan fingerprint density at radius 1 is 1.30 bits per heavy atom. The molecule has 20 heavy (non-hydrogen) atoms. The first-order chi connectivity index (χ1) is 9.45. The van der Waals surface area contributed by atoms with Gasteiger partial charge < -0.3 is 10.3 Å². The second-order valence-corrected chi connectivity index (χ2v) is 7.66. The van der Waals surface area contributed by atoms with E-state index in [4.69, 9.17) is 5.73 Å². The maximum atomic E-state index is 12.1. The van der Waals surface area contributed by atoms with Gasteiger partial charge >= 0.3 is 0 Å². The summed E-state index contributed by atoms with van der Waals surface area (Å²) in [6, 6.07) is 3.57. The molecule has 110 valence electrons. The lowest BCUT2D eigenvalue weighted by Crippen LogP contribution is -2.40. The molecule has 2 bridgehead atoms. The topological polar surface area (TPSA) is 48.0 Å². The lowest BCUT2D eigenvalue weighted by Gasteiger charge is -2.47. The minimum Gasteiger partial charge on any atom is -0.394 e. The predicted molar refractivity (Wildman–Crippen MR) is 82.5 cm³/mol. The number of fused-ring (bicyclic) bond motifs is 2. The minimum absolute atomic E-state index is 0.0298. The Morgan fingerprint density at radius 2 is 1.95 bits per heavy atom. The van der Waals surface area contributed by atoms with Crippen LogP contribution in [0.5, 0.6) is 0 Å². The van der Waals surface area contributed by atoms with E-state index in [9.17, 15) is 4.79 Å². The quantitative estimate of drug-likeness (QED) is 0.899. The van der Waals surface area contributed by atoms with Gasteiger partial charge in [-0.15, -0.1) is 0 Å². The molecule has 2 aliphatic rings. The number of nitrogens with two attached hydrogens (primary N) is 1. The molecule has 2 atom stereocenters. The fraction of sp³-hybridized carbons (Fsp3) is 0.706. The van der Waals surface area contributed by atoms with Gasteiger partial charge in [0.25, 0.3) is 5.56 Å². The van der Waals surface area contributed by atoms with Crippen LogP contribution in [-0.2, 0) is 6.54 Å². The highest BCUT2D eigenvalue weighted by Crippen LogP contribution is 2.50. The van der Waals surface area contributed by atoms with Crippen molar-refractivity contribution in [3.63, 3.8) is 0 Å². The number of nitrogens with zero attached hydrogens (tertiary/aromatic N) is 1. The van der Waals surface area contributed by atoms with Crippen molar-refractivity contribution in [1.82, 2.24) is 4.57 Å². The average molecular weight is 274 g/mol. The van der Waals surface area contributed by atoms with E-state index < -0.39 is 0 Å². The third-order valence-corrected chi connectivity index (χ3v) is 5.30. The normalized spacial score (nSPS) is 36.8. The van der Waals surface area contributed by atoms with E-state index in [-0.39, 0.29) is 11.0 Å². The fourth-order valence-corrected chi connectivity index (χ4v) is 4.93. The van der Waals surface area contributed by atoms with Gasteiger partial charge in [0.05, 0.1) is 5.69 Å². The molecule has 0 saturated heterocycles. The molecule has 3 rings (SSSR count). The van der Waals surface area contributed by atoms with Crippen LogP contribution in [0.4, 0.5) is 5.69 Å². The van der Waals surface area contributed by atoms with E-state index in [1.807, 2.05) is 16.8 Å². The molecule has 2 saturated carbocycles. The van der Waals surface area contributed by atoms with Crippen molar-refractivity contribution in [1.29, 1.82) is 0 Å². The van der Waals surface area contributed by atoms with Crippen LogP contribution in [-0.4, -0.2) is 4.57 Å². The number of hydrogen-bond acceptors (Lipinski definition) is 2.